The Bertz CT molecular complexity index is 975. The summed E-state index contributed by atoms with van der Waals surface area (Å²) >= 11 is 0. The van der Waals surface area contributed by atoms with Crippen molar-refractivity contribution in [3.8, 4) is 5.69 Å². The SMILES string of the molecule is CCN(CC)Cc1nnc2n1-c1c(F)cccc1C(c1ccccn1)=NC2. The number of rotatable bonds is 5. The predicted octanol–water partition coefficient (Wildman–Crippen LogP) is 2.99. The standard InChI is InChI=1S/C20H21FN6/c1-3-26(4-2)13-18-25-24-17-12-23-19(16-10-5-6-11-22-16)14-8-7-9-15(21)20(14)27(17)18/h5-11H,3-4,12-13H2,1-2H3. The van der Waals surface area contributed by atoms with Crippen LogP contribution in [0.1, 0.15) is 36.8 Å². The van der Waals surface area contributed by atoms with Gasteiger partial charge in [-0.3, -0.25) is 19.4 Å². The highest BCUT2D eigenvalue weighted by atomic mass is 19.1. The van der Waals surface area contributed by atoms with E-state index in [4.69, 9.17) is 4.99 Å². The summed E-state index contributed by atoms with van der Waals surface area (Å²) in [6.45, 7) is 6.90. The zero-order valence-corrected chi connectivity index (χ0v) is 15.4. The van der Waals surface area contributed by atoms with Gasteiger partial charge in [-0.2, -0.15) is 0 Å². The van der Waals surface area contributed by atoms with Crippen molar-refractivity contribution in [1.82, 2.24) is 24.6 Å². The molecule has 27 heavy (non-hydrogen) atoms. The zero-order chi connectivity index (χ0) is 18.8. The molecule has 0 N–H and O–H groups in total. The average molecular weight is 364 g/mol. The van der Waals surface area contributed by atoms with Crippen LogP contribution in [0.4, 0.5) is 4.39 Å². The molecule has 0 atom stereocenters. The van der Waals surface area contributed by atoms with Crippen LogP contribution in [-0.2, 0) is 13.1 Å². The maximum atomic E-state index is 15.0. The number of aromatic nitrogens is 4. The summed E-state index contributed by atoms with van der Waals surface area (Å²) in [7, 11) is 0. The van der Waals surface area contributed by atoms with Crippen LogP contribution in [0.3, 0.4) is 0 Å². The minimum absolute atomic E-state index is 0.320. The van der Waals surface area contributed by atoms with Crippen molar-refractivity contribution in [2.24, 2.45) is 4.99 Å². The number of aliphatic imine (C=N–C) groups is 1. The van der Waals surface area contributed by atoms with Gasteiger partial charge in [0.15, 0.2) is 11.6 Å². The highest BCUT2D eigenvalue weighted by Crippen LogP contribution is 2.28. The molecule has 6 nitrogen and oxygen atoms in total. The van der Waals surface area contributed by atoms with Crippen LogP contribution in [0, 0.1) is 5.82 Å². The van der Waals surface area contributed by atoms with Gasteiger partial charge in [0.1, 0.15) is 12.4 Å². The van der Waals surface area contributed by atoms with Gasteiger partial charge in [0, 0.05) is 11.8 Å². The van der Waals surface area contributed by atoms with E-state index in [-0.39, 0.29) is 5.82 Å². The zero-order valence-electron chi connectivity index (χ0n) is 15.4. The van der Waals surface area contributed by atoms with Crippen LogP contribution in [0.15, 0.2) is 47.6 Å². The van der Waals surface area contributed by atoms with Crippen LogP contribution in [0.25, 0.3) is 5.69 Å². The molecule has 4 rings (SSSR count). The van der Waals surface area contributed by atoms with E-state index in [0.29, 0.717) is 41.6 Å². The summed E-state index contributed by atoms with van der Waals surface area (Å²) < 4.78 is 16.8. The molecule has 7 heteroatoms. The summed E-state index contributed by atoms with van der Waals surface area (Å²) in [5, 5.41) is 8.63. The third-order valence-corrected chi connectivity index (χ3v) is 4.81. The lowest BCUT2D eigenvalue weighted by molar-refractivity contribution is 0.286. The van der Waals surface area contributed by atoms with Gasteiger partial charge < -0.3 is 0 Å². The molecule has 2 aromatic heterocycles. The van der Waals surface area contributed by atoms with E-state index in [1.165, 1.54) is 6.07 Å². The predicted molar refractivity (Wildman–Crippen MR) is 102 cm³/mol. The highest BCUT2D eigenvalue weighted by Gasteiger charge is 2.26. The molecule has 3 heterocycles. The Balaban J connectivity index is 1.89. The quantitative estimate of drug-likeness (QED) is 0.698. The number of halogens is 1. The van der Waals surface area contributed by atoms with Crippen molar-refractivity contribution in [2.45, 2.75) is 26.9 Å². The monoisotopic (exact) mass is 364 g/mol. The minimum Gasteiger partial charge on any atom is -0.296 e. The lowest BCUT2D eigenvalue weighted by Crippen LogP contribution is -2.24. The molecule has 0 saturated carbocycles. The molecule has 3 aromatic rings. The van der Waals surface area contributed by atoms with Gasteiger partial charge in [0.2, 0.25) is 0 Å². The number of para-hydroxylation sites is 1. The van der Waals surface area contributed by atoms with E-state index >= 15 is 4.39 Å². The average Bonchev–Trinajstić information content (AvgIpc) is 3.00. The first kappa shape index (κ1) is 17.5. The molecule has 0 bridgehead atoms. The van der Waals surface area contributed by atoms with Crippen molar-refractivity contribution < 1.29 is 4.39 Å². The Morgan fingerprint density at radius 1 is 1.07 bits per heavy atom. The van der Waals surface area contributed by atoms with Gasteiger partial charge in [-0.25, -0.2) is 4.39 Å². The van der Waals surface area contributed by atoms with Crippen LogP contribution in [0.5, 0.6) is 0 Å². The molecule has 0 unspecified atom stereocenters. The van der Waals surface area contributed by atoms with Crippen LogP contribution in [-0.4, -0.2) is 43.4 Å². The molecule has 1 aliphatic heterocycles. The third kappa shape index (κ3) is 3.14. The summed E-state index contributed by atoms with van der Waals surface area (Å²) in [6.07, 6.45) is 1.72. The topological polar surface area (TPSA) is 59.2 Å². The molecule has 138 valence electrons. The number of hydrogen-bond acceptors (Lipinski definition) is 5. The molecule has 1 aromatic carbocycles. The second-order valence-electron chi connectivity index (χ2n) is 6.35. The lowest BCUT2D eigenvalue weighted by atomic mass is 10.0. The van der Waals surface area contributed by atoms with Gasteiger partial charge in [-0.15, -0.1) is 10.2 Å². The van der Waals surface area contributed by atoms with Crippen LogP contribution >= 0.6 is 0 Å². The van der Waals surface area contributed by atoms with E-state index in [2.05, 4.69) is 33.9 Å². The maximum absolute atomic E-state index is 15.0. The molecular weight excluding hydrogens is 343 g/mol. The normalized spacial score (nSPS) is 13.1. The van der Waals surface area contributed by atoms with Gasteiger partial charge >= 0.3 is 0 Å². The molecule has 0 fully saturated rings. The van der Waals surface area contributed by atoms with Gasteiger partial charge in [-0.1, -0.05) is 32.0 Å². The lowest BCUT2D eigenvalue weighted by Gasteiger charge is -2.19. The van der Waals surface area contributed by atoms with Gasteiger partial charge in [0.25, 0.3) is 0 Å². The van der Waals surface area contributed by atoms with E-state index < -0.39 is 0 Å². The number of hydrogen-bond donors (Lipinski definition) is 0. The van der Waals surface area contributed by atoms with Crippen LogP contribution in [0.2, 0.25) is 0 Å². The number of fused-ring (bicyclic) bond motifs is 3. The first-order chi connectivity index (χ1) is 13.2. The second kappa shape index (κ2) is 7.36. The van der Waals surface area contributed by atoms with Crippen molar-refractivity contribution in [3.63, 3.8) is 0 Å². The highest BCUT2D eigenvalue weighted by molar-refractivity contribution is 6.14. The maximum Gasteiger partial charge on any atom is 0.159 e. The fraction of sp³-hybridized carbons (Fsp3) is 0.300. The van der Waals surface area contributed by atoms with Crippen molar-refractivity contribution >= 4 is 5.71 Å². The van der Waals surface area contributed by atoms with E-state index in [1.807, 2.05) is 28.8 Å². The first-order valence-electron chi connectivity index (χ1n) is 9.13. The third-order valence-electron chi connectivity index (χ3n) is 4.81. The molecule has 0 amide bonds. The molecule has 0 spiro atoms. The Morgan fingerprint density at radius 2 is 1.93 bits per heavy atom. The summed E-state index contributed by atoms with van der Waals surface area (Å²) in [5.41, 5.74) is 2.53. The largest absolute Gasteiger partial charge is 0.296 e. The first-order valence-corrected chi connectivity index (χ1v) is 9.13. The van der Waals surface area contributed by atoms with Crippen LogP contribution < -0.4 is 0 Å². The molecule has 1 aliphatic rings. The fourth-order valence-electron chi connectivity index (χ4n) is 3.35. The molecule has 0 saturated heterocycles. The summed E-state index contributed by atoms with van der Waals surface area (Å²) in [6, 6.07) is 10.7. The Labute approximate surface area is 157 Å². The van der Waals surface area contributed by atoms with Gasteiger partial charge in [0.05, 0.1) is 23.6 Å². The van der Waals surface area contributed by atoms with E-state index in [0.717, 1.165) is 18.9 Å². The van der Waals surface area contributed by atoms with E-state index in [9.17, 15) is 0 Å². The molecular formula is C20H21FN6. The molecule has 0 radical (unpaired) electrons. The molecule has 0 aliphatic carbocycles. The Kier molecular flexibility index (Phi) is 4.77. The summed E-state index contributed by atoms with van der Waals surface area (Å²) in [5.74, 6) is 1.03. The minimum atomic E-state index is -0.320. The summed E-state index contributed by atoms with van der Waals surface area (Å²) in [4.78, 5) is 11.3. The van der Waals surface area contributed by atoms with Crippen molar-refractivity contribution in [1.29, 1.82) is 0 Å². The van der Waals surface area contributed by atoms with E-state index in [1.54, 1.807) is 12.3 Å². The number of benzene rings is 1. The second-order valence-corrected chi connectivity index (χ2v) is 6.35. The van der Waals surface area contributed by atoms with Crippen molar-refractivity contribution in [3.05, 3.63) is 71.3 Å². The Hall–Kier alpha value is -2.93. The van der Waals surface area contributed by atoms with Crippen molar-refractivity contribution in [2.75, 3.05) is 13.1 Å². The smallest absolute Gasteiger partial charge is 0.159 e. The number of nitrogens with zero attached hydrogens (tertiary/aromatic N) is 6. The fourth-order valence-corrected chi connectivity index (χ4v) is 3.35. The Morgan fingerprint density at radius 3 is 2.67 bits per heavy atom. The number of pyridine rings is 1. The van der Waals surface area contributed by atoms with Gasteiger partial charge in [-0.05, 0) is 31.3 Å².